The number of hydrogen-bond donors (Lipinski definition) is 3. The number of ether oxygens (including phenoxy) is 4. The minimum atomic E-state index is -4.96. The first-order valence-corrected chi connectivity index (χ1v) is 42.6. The normalized spacial score (nSPS) is 14.0. The first-order chi connectivity index (χ1) is 46.7. The predicted octanol–water partition coefficient (Wildman–Crippen LogP) is 22.6. The molecule has 0 aromatic carbocycles. The lowest BCUT2D eigenvalue weighted by atomic mass is 10.0. The Morgan fingerprint density at radius 1 is 0.292 bits per heavy atom. The van der Waals surface area contributed by atoms with Crippen LogP contribution in [-0.4, -0.2) is 96.7 Å². The summed E-state index contributed by atoms with van der Waals surface area (Å²) < 4.78 is 68.5. The Kier molecular flexibility index (Phi) is 69.1. The van der Waals surface area contributed by atoms with Gasteiger partial charge in [0.2, 0.25) is 0 Å². The molecule has 0 bridgehead atoms. The van der Waals surface area contributed by atoms with Crippen LogP contribution in [0.25, 0.3) is 0 Å². The van der Waals surface area contributed by atoms with Gasteiger partial charge in [-0.25, -0.2) is 9.13 Å². The van der Waals surface area contributed by atoms with Gasteiger partial charge in [-0.2, -0.15) is 0 Å². The molecule has 0 radical (unpaired) electrons. The summed E-state index contributed by atoms with van der Waals surface area (Å²) in [5, 5.41) is 10.6. The van der Waals surface area contributed by atoms with Crippen molar-refractivity contribution in [1.29, 1.82) is 0 Å². The lowest BCUT2D eigenvalue weighted by molar-refractivity contribution is -0.161. The minimum absolute atomic E-state index is 0.102. The Bertz CT molecular complexity index is 1920. The number of hydrogen-bond acceptors (Lipinski definition) is 15. The molecule has 3 N–H and O–H groups in total. The van der Waals surface area contributed by atoms with Gasteiger partial charge < -0.3 is 33.8 Å². The molecular weight excluding hydrogens is 1260 g/mol. The Balaban J connectivity index is 5.26. The third kappa shape index (κ3) is 70.0. The van der Waals surface area contributed by atoms with E-state index in [0.717, 1.165) is 109 Å². The van der Waals surface area contributed by atoms with Crippen LogP contribution in [0.4, 0.5) is 0 Å². The molecule has 0 fully saturated rings. The second-order valence-corrected chi connectivity index (χ2v) is 30.0. The van der Waals surface area contributed by atoms with Crippen molar-refractivity contribution in [2.45, 2.75) is 406 Å². The molecular formula is C77H146O17P2. The summed E-state index contributed by atoms with van der Waals surface area (Å²) in [6.45, 7) is 4.92. The first kappa shape index (κ1) is 93.5. The van der Waals surface area contributed by atoms with E-state index in [1.54, 1.807) is 0 Å². The van der Waals surface area contributed by atoms with Crippen molar-refractivity contribution in [3.8, 4) is 0 Å². The van der Waals surface area contributed by atoms with E-state index in [1.807, 2.05) is 0 Å². The molecule has 0 aliphatic heterocycles. The van der Waals surface area contributed by atoms with E-state index in [2.05, 4.69) is 52.0 Å². The van der Waals surface area contributed by atoms with Crippen molar-refractivity contribution in [3.05, 3.63) is 24.3 Å². The summed E-state index contributed by atoms with van der Waals surface area (Å²) in [5.74, 6) is -2.14. The zero-order valence-corrected chi connectivity index (χ0v) is 63.6. The van der Waals surface area contributed by atoms with E-state index in [-0.39, 0.29) is 25.7 Å². The topological polar surface area (TPSA) is 237 Å². The Morgan fingerprint density at radius 3 is 0.760 bits per heavy atom. The highest BCUT2D eigenvalue weighted by molar-refractivity contribution is 7.47. The molecule has 0 saturated carbocycles. The van der Waals surface area contributed by atoms with Crippen molar-refractivity contribution in [2.75, 3.05) is 39.6 Å². The van der Waals surface area contributed by atoms with E-state index < -0.39 is 97.5 Å². The Hall–Kier alpha value is -2.46. The molecule has 17 nitrogen and oxygen atoms in total. The fourth-order valence-electron chi connectivity index (χ4n) is 11.4. The second kappa shape index (κ2) is 71.0. The van der Waals surface area contributed by atoms with Crippen LogP contribution >= 0.6 is 15.6 Å². The Morgan fingerprint density at radius 2 is 0.500 bits per heavy atom. The zero-order chi connectivity index (χ0) is 70.4. The number of aliphatic hydroxyl groups excluding tert-OH is 1. The third-order valence-electron chi connectivity index (χ3n) is 17.5. The predicted molar refractivity (Wildman–Crippen MR) is 391 cm³/mol. The van der Waals surface area contributed by atoms with Crippen LogP contribution in [0.2, 0.25) is 0 Å². The van der Waals surface area contributed by atoms with Crippen LogP contribution in [0, 0.1) is 0 Å². The summed E-state index contributed by atoms with van der Waals surface area (Å²) in [4.78, 5) is 72.8. The molecule has 0 rings (SSSR count). The standard InChI is InChI=1S/C77H146O17P2/c1-5-9-13-17-21-25-29-31-33-34-35-36-38-40-44-48-52-56-60-64-77(82)94-73(68-88-75(80)62-58-54-50-46-43-39-37-32-30-26-22-18-14-10-6-2)70-92-96(85,86)90-66-71(78)65-89-95(83,84)91-69-72(93-76(81)63-59-55-51-47-42-28-24-20-16-12-8-4)67-87-74(79)61-57-53-49-45-41-27-23-19-15-11-7-3/h26,30,32,37,71-73,78H,5-25,27-29,31,33-36,38-70H2,1-4H3,(H,83,84)(H,85,86)/b30-26-,37-32-/t71-,72+,73+/m0/s1. The van der Waals surface area contributed by atoms with Crippen molar-refractivity contribution in [3.63, 3.8) is 0 Å². The van der Waals surface area contributed by atoms with Crippen LogP contribution in [0.3, 0.4) is 0 Å². The lowest BCUT2D eigenvalue weighted by Crippen LogP contribution is -2.30. The van der Waals surface area contributed by atoms with E-state index in [1.165, 1.54) is 199 Å². The summed E-state index contributed by atoms with van der Waals surface area (Å²) in [7, 11) is -9.92. The molecule has 0 aromatic rings. The highest BCUT2D eigenvalue weighted by Gasteiger charge is 2.30. The molecule has 566 valence electrons. The van der Waals surface area contributed by atoms with E-state index >= 15 is 0 Å². The van der Waals surface area contributed by atoms with Gasteiger partial charge in [0.15, 0.2) is 12.2 Å². The number of unbranched alkanes of at least 4 members (excludes halogenated alkanes) is 47. The highest BCUT2D eigenvalue weighted by atomic mass is 31.2. The van der Waals surface area contributed by atoms with Gasteiger partial charge in [0.1, 0.15) is 19.3 Å². The quantitative estimate of drug-likeness (QED) is 0.0169. The van der Waals surface area contributed by atoms with Gasteiger partial charge in [-0.1, -0.05) is 335 Å². The second-order valence-electron chi connectivity index (χ2n) is 27.1. The SMILES string of the molecule is CCCCCC/C=C\C=C/CCCCCCCC(=O)OC[C@H](COP(=O)(O)OC[C@@H](O)COP(=O)(O)OC[C@@H](COC(=O)CCCCCCCCCCCCC)OC(=O)CCCCCCCCCCCCC)OC(=O)CCCCCCCCCCCCCCCCCCCCC. The number of carbonyl (C=O) groups is 4. The lowest BCUT2D eigenvalue weighted by Gasteiger charge is -2.21. The molecule has 0 spiro atoms. The average molecular weight is 1410 g/mol. The maximum Gasteiger partial charge on any atom is 0.472 e. The van der Waals surface area contributed by atoms with Crippen LogP contribution in [-0.2, 0) is 65.4 Å². The number of allylic oxidation sites excluding steroid dienone is 4. The molecule has 0 heterocycles. The molecule has 0 aliphatic rings. The van der Waals surface area contributed by atoms with E-state index in [4.69, 9.17) is 37.0 Å². The monoisotopic (exact) mass is 1410 g/mol. The smallest absolute Gasteiger partial charge is 0.462 e. The zero-order valence-electron chi connectivity index (χ0n) is 61.8. The fraction of sp³-hybridized carbons (Fsp3) is 0.896. The molecule has 19 heteroatoms. The fourth-order valence-corrected chi connectivity index (χ4v) is 13.0. The molecule has 5 atom stereocenters. The third-order valence-corrected chi connectivity index (χ3v) is 19.4. The number of carbonyl (C=O) groups excluding carboxylic acids is 4. The van der Waals surface area contributed by atoms with E-state index in [9.17, 15) is 43.2 Å². The van der Waals surface area contributed by atoms with Crippen molar-refractivity contribution >= 4 is 39.5 Å². The number of rotatable bonds is 76. The van der Waals surface area contributed by atoms with Gasteiger partial charge in [-0.3, -0.25) is 37.3 Å². The minimum Gasteiger partial charge on any atom is -0.462 e. The number of esters is 4. The summed E-state index contributed by atoms with van der Waals surface area (Å²) in [6.07, 6.45) is 64.5. The van der Waals surface area contributed by atoms with Crippen LogP contribution in [0.15, 0.2) is 24.3 Å². The maximum absolute atomic E-state index is 13.1. The molecule has 0 aliphatic carbocycles. The van der Waals surface area contributed by atoms with Gasteiger partial charge in [0.25, 0.3) is 0 Å². The molecule has 0 aromatic heterocycles. The van der Waals surface area contributed by atoms with Crippen LogP contribution in [0.1, 0.15) is 387 Å². The summed E-state index contributed by atoms with van der Waals surface area (Å²) in [6, 6.07) is 0. The largest absolute Gasteiger partial charge is 0.472 e. The van der Waals surface area contributed by atoms with Crippen molar-refractivity contribution < 1.29 is 80.2 Å². The Labute approximate surface area is 586 Å². The maximum atomic E-state index is 13.1. The van der Waals surface area contributed by atoms with Crippen molar-refractivity contribution in [1.82, 2.24) is 0 Å². The van der Waals surface area contributed by atoms with Gasteiger partial charge >= 0.3 is 39.5 Å². The molecule has 96 heavy (non-hydrogen) atoms. The van der Waals surface area contributed by atoms with Crippen molar-refractivity contribution in [2.24, 2.45) is 0 Å². The number of phosphoric acid groups is 2. The van der Waals surface area contributed by atoms with Crippen LogP contribution in [0.5, 0.6) is 0 Å². The first-order valence-electron chi connectivity index (χ1n) is 39.6. The van der Waals surface area contributed by atoms with Gasteiger partial charge in [0.05, 0.1) is 26.4 Å². The highest BCUT2D eigenvalue weighted by Crippen LogP contribution is 2.45. The number of phosphoric ester groups is 2. The molecule has 0 amide bonds. The number of aliphatic hydroxyl groups is 1. The van der Waals surface area contributed by atoms with Gasteiger partial charge in [0, 0.05) is 25.7 Å². The molecule has 0 saturated heterocycles. The van der Waals surface area contributed by atoms with Crippen LogP contribution < -0.4 is 0 Å². The van der Waals surface area contributed by atoms with Gasteiger partial charge in [-0.05, 0) is 51.4 Å². The van der Waals surface area contributed by atoms with E-state index in [0.29, 0.717) is 25.7 Å². The average Bonchev–Trinajstić information content (AvgIpc) is 1.55. The summed E-state index contributed by atoms with van der Waals surface area (Å²) >= 11 is 0. The molecule has 2 unspecified atom stereocenters. The summed E-state index contributed by atoms with van der Waals surface area (Å²) in [5.41, 5.74) is 0. The van der Waals surface area contributed by atoms with Gasteiger partial charge in [-0.15, -0.1) is 0 Å².